The minimum atomic E-state index is -3.66. The maximum atomic E-state index is 13.5. The molecule has 1 aliphatic rings. The van der Waals surface area contributed by atoms with E-state index in [0.29, 0.717) is 21.5 Å². The lowest BCUT2D eigenvalue weighted by Crippen LogP contribution is -2.49. The molecule has 39 heavy (non-hydrogen) atoms. The summed E-state index contributed by atoms with van der Waals surface area (Å²) in [5.41, 5.74) is 1.09. The highest BCUT2D eigenvalue weighted by Crippen LogP contribution is 2.30. The first-order chi connectivity index (χ1) is 18.4. The van der Waals surface area contributed by atoms with E-state index in [1.165, 1.54) is 22.4 Å². The van der Waals surface area contributed by atoms with Gasteiger partial charge in [0.2, 0.25) is 21.8 Å². The van der Waals surface area contributed by atoms with Gasteiger partial charge in [-0.15, -0.1) is 0 Å². The van der Waals surface area contributed by atoms with Crippen LogP contribution in [0.5, 0.6) is 5.75 Å². The molecule has 1 N–H and O–H groups in total. The third-order valence-electron chi connectivity index (χ3n) is 6.78. The molecule has 0 heterocycles. The summed E-state index contributed by atoms with van der Waals surface area (Å²) >= 11 is 18.5. The molecule has 0 spiro atoms. The van der Waals surface area contributed by atoms with Gasteiger partial charge in [-0.2, -0.15) is 0 Å². The van der Waals surface area contributed by atoms with Crippen LogP contribution in [0.2, 0.25) is 15.1 Å². The molecule has 3 rings (SSSR count). The van der Waals surface area contributed by atoms with E-state index in [-0.39, 0.29) is 48.8 Å². The smallest absolute Gasteiger partial charge is 0.242 e. The van der Waals surface area contributed by atoms with Crippen molar-refractivity contribution in [3.05, 3.63) is 57.0 Å². The van der Waals surface area contributed by atoms with Crippen molar-refractivity contribution in [2.24, 2.45) is 0 Å². The Labute approximate surface area is 245 Å². The number of anilines is 1. The number of benzene rings is 2. The van der Waals surface area contributed by atoms with E-state index >= 15 is 0 Å². The average Bonchev–Trinajstić information content (AvgIpc) is 3.39. The fourth-order valence-corrected chi connectivity index (χ4v) is 6.15. The molecule has 2 aromatic carbocycles. The number of nitrogens with one attached hydrogen (secondary N) is 1. The lowest BCUT2D eigenvalue weighted by atomic mass is 10.1. The summed E-state index contributed by atoms with van der Waals surface area (Å²) in [6, 6.07) is 9.15. The lowest BCUT2D eigenvalue weighted by molar-refractivity contribution is -0.141. The quantitative estimate of drug-likeness (QED) is 0.330. The molecular weight excluding hydrogens is 585 g/mol. The molecule has 0 saturated heterocycles. The zero-order valence-electron chi connectivity index (χ0n) is 22.3. The number of hydrogen-bond donors (Lipinski definition) is 1. The highest BCUT2D eigenvalue weighted by atomic mass is 35.5. The van der Waals surface area contributed by atoms with Crippen LogP contribution in [0.4, 0.5) is 5.69 Å². The van der Waals surface area contributed by atoms with Crippen molar-refractivity contribution in [3.63, 3.8) is 0 Å². The molecule has 214 valence electrons. The number of amides is 2. The van der Waals surface area contributed by atoms with Gasteiger partial charge in [-0.25, -0.2) is 8.42 Å². The van der Waals surface area contributed by atoms with Gasteiger partial charge in [0.15, 0.2) is 0 Å². The number of carbonyl (C=O) groups excluding carboxylic acids is 2. The first-order valence-electron chi connectivity index (χ1n) is 12.8. The Hall–Kier alpha value is -2.20. The van der Waals surface area contributed by atoms with Crippen LogP contribution in [-0.4, -0.2) is 57.1 Å². The van der Waals surface area contributed by atoms with Crippen LogP contribution < -0.4 is 14.4 Å². The van der Waals surface area contributed by atoms with Gasteiger partial charge < -0.3 is 15.0 Å². The van der Waals surface area contributed by atoms with Crippen LogP contribution in [0.15, 0.2) is 36.4 Å². The number of sulfonamides is 1. The molecule has 0 aromatic heterocycles. The van der Waals surface area contributed by atoms with Crippen LogP contribution >= 0.6 is 34.8 Å². The predicted octanol–water partition coefficient (Wildman–Crippen LogP) is 5.68. The van der Waals surface area contributed by atoms with Crippen molar-refractivity contribution in [1.82, 2.24) is 10.2 Å². The van der Waals surface area contributed by atoms with Gasteiger partial charge in [0.1, 0.15) is 11.8 Å². The van der Waals surface area contributed by atoms with Crippen LogP contribution in [0.3, 0.4) is 0 Å². The summed E-state index contributed by atoms with van der Waals surface area (Å²) in [4.78, 5) is 28.0. The van der Waals surface area contributed by atoms with Crippen molar-refractivity contribution in [3.8, 4) is 5.75 Å². The number of carbonyl (C=O) groups is 2. The van der Waals surface area contributed by atoms with E-state index in [1.807, 2.05) is 0 Å². The SMILES string of the molecule is COc1ccc(N(CCCC(=O)N(Cc2ccc(Cl)c(Cl)c2)[C@@H](C)C(=O)NC2CCCC2)S(C)(=O)=O)cc1Cl. The maximum Gasteiger partial charge on any atom is 0.242 e. The van der Waals surface area contributed by atoms with E-state index in [1.54, 1.807) is 37.3 Å². The number of ether oxygens (including phenoxy) is 1. The standard InChI is InChI=1S/C27H34Cl3N3O5S/c1-18(27(35)31-20-7-4-5-8-20)32(17-19-10-12-22(28)23(29)15-19)26(34)9-6-14-33(39(3,36)37)21-11-13-25(38-2)24(30)16-21/h10-13,15-16,18,20H,4-9,14,17H2,1-3H3,(H,31,35)/t18-/m0/s1. The maximum absolute atomic E-state index is 13.5. The highest BCUT2D eigenvalue weighted by Gasteiger charge is 2.29. The Morgan fingerprint density at radius 3 is 2.33 bits per heavy atom. The van der Waals surface area contributed by atoms with E-state index < -0.39 is 16.1 Å². The summed E-state index contributed by atoms with van der Waals surface area (Å²) < 4.78 is 31.5. The molecule has 2 amide bonds. The third kappa shape index (κ3) is 8.64. The molecule has 1 atom stereocenters. The number of rotatable bonds is 12. The molecule has 1 aliphatic carbocycles. The minimum Gasteiger partial charge on any atom is -0.495 e. The first kappa shape index (κ1) is 31.3. The van der Waals surface area contributed by atoms with Crippen LogP contribution in [-0.2, 0) is 26.2 Å². The molecule has 8 nitrogen and oxygen atoms in total. The van der Waals surface area contributed by atoms with Gasteiger partial charge in [-0.05, 0) is 62.1 Å². The van der Waals surface area contributed by atoms with E-state index in [4.69, 9.17) is 39.5 Å². The summed E-state index contributed by atoms with van der Waals surface area (Å²) in [5, 5.41) is 4.08. The average molecular weight is 619 g/mol. The Balaban J connectivity index is 1.75. The Bertz CT molecular complexity index is 1290. The van der Waals surface area contributed by atoms with Gasteiger partial charge >= 0.3 is 0 Å². The molecule has 0 bridgehead atoms. The molecule has 0 unspecified atom stereocenters. The number of hydrogen-bond acceptors (Lipinski definition) is 5. The van der Waals surface area contributed by atoms with Gasteiger partial charge in [0, 0.05) is 25.6 Å². The Morgan fingerprint density at radius 1 is 1.05 bits per heavy atom. The van der Waals surface area contributed by atoms with E-state index in [0.717, 1.165) is 37.5 Å². The molecule has 0 aliphatic heterocycles. The fourth-order valence-electron chi connectivity index (χ4n) is 4.62. The summed E-state index contributed by atoms with van der Waals surface area (Å²) in [6.45, 7) is 1.90. The van der Waals surface area contributed by atoms with Gasteiger partial charge in [-0.3, -0.25) is 13.9 Å². The molecule has 12 heteroatoms. The number of halogens is 3. The predicted molar refractivity (Wildman–Crippen MR) is 156 cm³/mol. The van der Waals surface area contributed by atoms with E-state index in [2.05, 4.69) is 5.32 Å². The zero-order valence-corrected chi connectivity index (χ0v) is 25.3. The molecule has 2 aromatic rings. The van der Waals surface area contributed by atoms with Crippen molar-refractivity contribution >= 4 is 62.3 Å². The van der Waals surface area contributed by atoms with Crippen LogP contribution in [0.1, 0.15) is 51.0 Å². The summed E-state index contributed by atoms with van der Waals surface area (Å²) in [5.74, 6) is -0.0795. The third-order valence-corrected chi connectivity index (χ3v) is 9.01. The fraction of sp³-hybridized carbons (Fsp3) is 0.481. The summed E-state index contributed by atoms with van der Waals surface area (Å²) in [6.07, 6.45) is 5.34. The lowest BCUT2D eigenvalue weighted by Gasteiger charge is -2.30. The molecule has 0 radical (unpaired) electrons. The zero-order chi connectivity index (χ0) is 28.7. The van der Waals surface area contributed by atoms with Crippen molar-refractivity contribution in [1.29, 1.82) is 0 Å². The monoisotopic (exact) mass is 617 g/mol. The van der Waals surface area contributed by atoms with Gasteiger partial charge in [-0.1, -0.05) is 53.7 Å². The first-order valence-corrected chi connectivity index (χ1v) is 15.7. The second-order valence-electron chi connectivity index (χ2n) is 9.69. The number of methoxy groups -OCH3 is 1. The van der Waals surface area contributed by atoms with Crippen molar-refractivity contribution in [2.45, 2.75) is 64.1 Å². The Morgan fingerprint density at radius 2 is 1.74 bits per heavy atom. The van der Waals surface area contributed by atoms with Crippen LogP contribution in [0, 0.1) is 0 Å². The van der Waals surface area contributed by atoms with E-state index in [9.17, 15) is 18.0 Å². The van der Waals surface area contributed by atoms with Crippen LogP contribution in [0.25, 0.3) is 0 Å². The summed E-state index contributed by atoms with van der Waals surface area (Å²) in [7, 11) is -2.18. The largest absolute Gasteiger partial charge is 0.495 e. The number of nitrogens with zero attached hydrogens (tertiary/aromatic N) is 2. The molecule has 1 saturated carbocycles. The second-order valence-corrected chi connectivity index (χ2v) is 12.8. The second kappa shape index (κ2) is 13.9. The Kier molecular flexibility index (Phi) is 11.2. The highest BCUT2D eigenvalue weighted by molar-refractivity contribution is 7.92. The normalized spacial score (nSPS) is 14.6. The van der Waals surface area contributed by atoms with Gasteiger partial charge in [0.25, 0.3) is 0 Å². The minimum absolute atomic E-state index is 0.0261. The molecule has 1 fully saturated rings. The van der Waals surface area contributed by atoms with Crippen molar-refractivity contribution in [2.75, 3.05) is 24.2 Å². The van der Waals surface area contributed by atoms with Crippen molar-refractivity contribution < 1.29 is 22.7 Å². The molecular formula is C27H34Cl3N3O5S. The topological polar surface area (TPSA) is 96.0 Å². The van der Waals surface area contributed by atoms with Gasteiger partial charge in [0.05, 0.1) is 34.1 Å².